The Hall–Kier alpha value is -0.580. The third-order valence-electron chi connectivity index (χ3n) is 3.46. The SMILES string of the molecule is CN(CCCCCO)Cc1cc(Br)cc2c1OCC2. The lowest BCUT2D eigenvalue weighted by atomic mass is 10.1. The zero-order chi connectivity index (χ0) is 13.7. The minimum absolute atomic E-state index is 0.302. The highest BCUT2D eigenvalue weighted by Gasteiger charge is 2.18. The molecule has 1 N–H and O–H groups in total. The van der Waals surface area contributed by atoms with Gasteiger partial charge in [-0.2, -0.15) is 0 Å². The number of unbranched alkanes of at least 4 members (excludes halogenated alkanes) is 2. The molecule has 0 spiro atoms. The molecule has 2 rings (SSSR count). The van der Waals surface area contributed by atoms with Crippen LogP contribution in [0.2, 0.25) is 0 Å². The lowest BCUT2D eigenvalue weighted by molar-refractivity contribution is 0.269. The van der Waals surface area contributed by atoms with Gasteiger partial charge >= 0.3 is 0 Å². The van der Waals surface area contributed by atoms with Crippen LogP contribution in [0.5, 0.6) is 5.75 Å². The van der Waals surface area contributed by atoms with E-state index in [0.29, 0.717) is 6.61 Å². The molecule has 106 valence electrons. The maximum absolute atomic E-state index is 8.77. The van der Waals surface area contributed by atoms with E-state index in [9.17, 15) is 0 Å². The Kier molecular flexibility index (Phi) is 5.67. The van der Waals surface area contributed by atoms with Crippen molar-refractivity contribution in [2.45, 2.75) is 32.2 Å². The number of halogens is 1. The summed E-state index contributed by atoms with van der Waals surface area (Å²) in [6, 6.07) is 4.32. The Bertz CT molecular complexity index is 423. The normalized spacial score (nSPS) is 13.7. The smallest absolute Gasteiger partial charge is 0.127 e. The Morgan fingerprint density at radius 1 is 1.32 bits per heavy atom. The molecule has 0 saturated carbocycles. The Labute approximate surface area is 123 Å². The first-order valence-electron chi connectivity index (χ1n) is 6.94. The van der Waals surface area contributed by atoms with Gasteiger partial charge in [-0.25, -0.2) is 0 Å². The summed E-state index contributed by atoms with van der Waals surface area (Å²) in [5.74, 6) is 1.09. The monoisotopic (exact) mass is 327 g/mol. The molecule has 1 aliphatic rings. The fourth-order valence-electron chi connectivity index (χ4n) is 2.50. The lowest BCUT2D eigenvalue weighted by Crippen LogP contribution is -2.19. The third-order valence-corrected chi connectivity index (χ3v) is 3.92. The number of nitrogens with zero attached hydrogens (tertiary/aromatic N) is 1. The highest BCUT2D eigenvalue weighted by Crippen LogP contribution is 2.33. The third kappa shape index (κ3) is 4.20. The molecule has 4 heteroatoms. The van der Waals surface area contributed by atoms with E-state index >= 15 is 0 Å². The number of aliphatic hydroxyl groups is 1. The summed E-state index contributed by atoms with van der Waals surface area (Å²) in [6.07, 6.45) is 4.15. The molecule has 0 saturated heterocycles. The fourth-order valence-corrected chi connectivity index (χ4v) is 3.06. The molecule has 0 radical (unpaired) electrons. The van der Waals surface area contributed by atoms with Crippen LogP contribution in [0.4, 0.5) is 0 Å². The highest BCUT2D eigenvalue weighted by molar-refractivity contribution is 9.10. The van der Waals surface area contributed by atoms with Crippen LogP contribution in [0.3, 0.4) is 0 Å². The molecule has 19 heavy (non-hydrogen) atoms. The van der Waals surface area contributed by atoms with E-state index in [1.807, 2.05) is 0 Å². The van der Waals surface area contributed by atoms with E-state index in [-0.39, 0.29) is 0 Å². The zero-order valence-electron chi connectivity index (χ0n) is 11.5. The number of ether oxygens (including phenoxy) is 1. The van der Waals surface area contributed by atoms with Gasteiger partial charge in [0.05, 0.1) is 6.61 Å². The second kappa shape index (κ2) is 7.27. The maximum atomic E-state index is 8.77. The predicted octanol–water partition coefficient (Wildman–Crippen LogP) is 2.98. The molecule has 0 amide bonds. The van der Waals surface area contributed by atoms with E-state index in [1.54, 1.807) is 0 Å². The first-order chi connectivity index (χ1) is 9.20. The molecule has 0 unspecified atom stereocenters. The van der Waals surface area contributed by atoms with E-state index < -0.39 is 0 Å². The molecule has 3 nitrogen and oxygen atoms in total. The molecule has 0 fully saturated rings. The highest BCUT2D eigenvalue weighted by atomic mass is 79.9. The fraction of sp³-hybridized carbons (Fsp3) is 0.600. The molecule has 1 aromatic carbocycles. The number of hydrogen-bond donors (Lipinski definition) is 1. The first kappa shape index (κ1) is 14.8. The average Bonchev–Trinajstić information content (AvgIpc) is 2.82. The molecule has 0 atom stereocenters. The Balaban J connectivity index is 1.92. The average molecular weight is 328 g/mol. The van der Waals surface area contributed by atoms with Crippen molar-refractivity contribution >= 4 is 15.9 Å². The Morgan fingerprint density at radius 2 is 2.16 bits per heavy atom. The zero-order valence-corrected chi connectivity index (χ0v) is 13.1. The molecule has 1 aromatic rings. The van der Waals surface area contributed by atoms with Crippen molar-refractivity contribution in [3.8, 4) is 5.75 Å². The van der Waals surface area contributed by atoms with Gasteiger partial charge in [-0.05, 0) is 50.6 Å². The van der Waals surface area contributed by atoms with E-state index in [4.69, 9.17) is 9.84 Å². The molecule has 0 bridgehead atoms. The topological polar surface area (TPSA) is 32.7 Å². The van der Waals surface area contributed by atoms with Gasteiger partial charge in [-0.15, -0.1) is 0 Å². The van der Waals surface area contributed by atoms with Gasteiger partial charge in [-0.3, -0.25) is 0 Å². The molecule has 1 heterocycles. The van der Waals surface area contributed by atoms with E-state index in [1.165, 1.54) is 11.1 Å². The number of fused-ring (bicyclic) bond motifs is 1. The lowest BCUT2D eigenvalue weighted by Gasteiger charge is -2.18. The van der Waals surface area contributed by atoms with Gasteiger partial charge in [0.1, 0.15) is 5.75 Å². The van der Waals surface area contributed by atoms with Crippen molar-refractivity contribution in [3.63, 3.8) is 0 Å². The van der Waals surface area contributed by atoms with Crippen LogP contribution in [0.1, 0.15) is 30.4 Å². The van der Waals surface area contributed by atoms with E-state index in [2.05, 4.69) is 40.0 Å². The molecular weight excluding hydrogens is 306 g/mol. The van der Waals surface area contributed by atoms with Gasteiger partial charge in [0.2, 0.25) is 0 Å². The van der Waals surface area contributed by atoms with Gasteiger partial charge in [0, 0.05) is 29.6 Å². The predicted molar refractivity (Wildman–Crippen MR) is 80.6 cm³/mol. The van der Waals surface area contributed by atoms with Crippen LogP contribution in [0.15, 0.2) is 16.6 Å². The second-order valence-electron chi connectivity index (χ2n) is 5.17. The van der Waals surface area contributed by atoms with Crippen LogP contribution in [0.25, 0.3) is 0 Å². The molecule has 0 aliphatic carbocycles. The minimum atomic E-state index is 0.302. The summed E-state index contributed by atoms with van der Waals surface area (Å²) in [4.78, 5) is 2.32. The second-order valence-corrected chi connectivity index (χ2v) is 6.09. The van der Waals surface area contributed by atoms with Crippen molar-refractivity contribution in [1.29, 1.82) is 0 Å². The Morgan fingerprint density at radius 3 is 2.95 bits per heavy atom. The van der Waals surface area contributed by atoms with Crippen molar-refractivity contribution in [1.82, 2.24) is 4.90 Å². The van der Waals surface area contributed by atoms with E-state index in [0.717, 1.165) is 55.6 Å². The van der Waals surface area contributed by atoms with Crippen LogP contribution >= 0.6 is 15.9 Å². The van der Waals surface area contributed by atoms with Crippen LogP contribution in [-0.4, -0.2) is 36.8 Å². The molecular formula is C15H22BrNO2. The summed E-state index contributed by atoms with van der Waals surface area (Å²) in [6.45, 7) is 3.08. The maximum Gasteiger partial charge on any atom is 0.127 e. The van der Waals surface area contributed by atoms with Crippen LogP contribution in [-0.2, 0) is 13.0 Å². The number of hydrogen-bond acceptors (Lipinski definition) is 3. The standard InChI is InChI=1S/C15H22BrNO2/c1-17(6-3-2-4-7-18)11-13-10-14(16)9-12-5-8-19-15(12)13/h9-10,18H,2-8,11H2,1H3. The van der Waals surface area contributed by atoms with Gasteiger partial charge in [-0.1, -0.05) is 15.9 Å². The van der Waals surface area contributed by atoms with Crippen molar-refractivity contribution in [2.75, 3.05) is 26.8 Å². The van der Waals surface area contributed by atoms with Gasteiger partial charge in [0.15, 0.2) is 0 Å². The van der Waals surface area contributed by atoms with Crippen LogP contribution < -0.4 is 4.74 Å². The summed E-state index contributed by atoms with van der Waals surface area (Å²) >= 11 is 3.58. The quantitative estimate of drug-likeness (QED) is 0.781. The van der Waals surface area contributed by atoms with Gasteiger partial charge < -0.3 is 14.7 Å². The number of aliphatic hydroxyl groups excluding tert-OH is 1. The molecule has 0 aromatic heterocycles. The van der Waals surface area contributed by atoms with Gasteiger partial charge in [0.25, 0.3) is 0 Å². The first-order valence-corrected chi connectivity index (χ1v) is 7.73. The summed E-state index contributed by atoms with van der Waals surface area (Å²) in [7, 11) is 2.14. The summed E-state index contributed by atoms with van der Waals surface area (Å²) < 4.78 is 6.89. The van der Waals surface area contributed by atoms with Crippen molar-refractivity contribution in [3.05, 3.63) is 27.7 Å². The molecule has 1 aliphatic heterocycles. The van der Waals surface area contributed by atoms with Crippen molar-refractivity contribution < 1.29 is 9.84 Å². The largest absolute Gasteiger partial charge is 0.493 e. The summed E-state index contributed by atoms with van der Waals surface area (Å²) in [5.41, 5.74) is 2.59. The number of rotatable bonds is 7. The number of benzene rings is 1. The summed E-state index contributed by atoms with van der Waals surface area (Å²) in [5, 5.41) is 8.77. The minimum Gasteiger partial charge on any atom is -0.493 e. The van der Waals surface area contributed by atoms with Crippen molar-refractivity contribution in [2.24, 2.45) is 0 Å². The van der Waals surface area contributed by atoms with Crippen LogP contribution in [0, 0.1) is 0 Å².